The molecule has 0 aliphatic carbocycles. The molecule has 0 amide bonds. The van der Waals surface area contributed by atoms with Gasteiger partial charge in [0, 0.05) is 18.3 Å². The Morgan fingerprint density at radius 3 is 3.07 bits per heavy atom. The summed E-state index contributed by atoms with van der Waals surface area (Å²) in [6.45, 7) is 2.39. The third-order valence-electron chi connectivity index (χ3n) is 5.38. The van der Waals surface area contributed by atoms with Crippen LogP contribution in [0.25, 0.3) is 17.6 Å². The van der Waals surface area contributed by atoms with Crippen molar-refractivity contribution in [2.24, 2.45) is 0 Å². The van der Waals surface area contributed by atoms with Crippen molar-refractivity contribution in [2.75, 3.05) is 26.8 Å². The first-order valence-electron chi connectivity index (χ1n) is 9.79. The molecule has 1 atom stereocenters. The van der Waals surface area contributed by atoms with E-state index in [4.69, 9.17) is 14.0 Å². The van der Waals surface area contributed by atoms with E-state index in [0.29, 0.717) is 18.3 Å². The highest BCUT2D eigenvalue weighted by molar-refractivity contribution is 5.64. The van der Waals surface area contributed by atoms with Crippen molar-refractivity contribution in [3.63, 3.8) is 0 Å². The summed E-state index contributed by atoms with van der Waals surface area (Å²) in [6, 6.07) is 11.7. The number of hydrogen-bond donors (Lipinski definition) is 0. The molecule has 2 aliphatic heterocycles. The van der Waals surface area contributed by atoms with Crippen LogP contribution in [0, 0.1) is 0 Å². The minimum atomic E-state index is 0.118. The van der Waals surface area contributed by atoms with Gasteiger partial charge in [-0.15, -0.1) is 0 Å². The summed E-state index contributed by atoms with van der Waals surface area (Å²) >= 11 is 0. The summed E-state index contributed by atoms with van der Waals surface area (Å²) in [5.74, 6) is 2.91. The molecule has 1 fully saturated rings. The zero-order chi connectivity index (χ0) is 19.6. The Morgan fingerprint density at radius 2 is 2.21 bits per heavy atom. The number of fused-ring (bicyclic) bond motifs is 1. The van der Waals surface area contributed by atoms with E-state index in [0.717, 1.165) is 48.7 Å². The van der Waals surface area contributed by atoms with Crippen molar-refractivity contribution in [1.29, 1.82) is 0 Å². The Bertz CT molecular complexity index is 1030. The zero-order valence-electron chi connectivity index (χ0n) is 16.2. The Morgan fingerprint density at radius 1 is 1.24 bits per heavy atom. The number of pyridine rings is 1. The van der Waals surface area contributed by atoms with E-state index in [9.17, 15) is 0 Å². The molecular formula is C22H22N4O3. The summed E-state index contributed by atoms with van der Waals surface area (Å²) in [4.78, 5) is 11.3. The Balaban J connectivity index is 1.34. The average Bonchev–Trinajstić information content (AvgIpc) is 3.43. The first kappa shape index (κ1) is 17.9. The van der Waals surface area contributed by atoms with Gasteiger partial charge in [-0.3, -0.25) is 9.88 Å². The van der Waals surface area contributed by atoms with E-state index in [-0.39, 0.29) is 6.04 Å². The van der Waals surface area contributed by atoms with Gasteiger partial charge in [-0.05, 0) is 61.4 Å². The van der Waals surface area contributed by atoms with Crippen molar-refractivity contribution in [3.05, 3.63) is 59.6 Å². The summed E-state index contributed by atoms with van der Waals surface area (Å²) < 4.78 is 16.9. The predicted molar refractivity (Wildman–Crippen MR) is 108 cm³/mol. The monoisotopic (exact) mass is 390 g/mol. The molecule has 2 aromatic heterocycles. The number of methoxy groups -OCH3 is 1. The normalized spacial score (nSPS) is 18.8. The molecule has 0 spiro atoms. The van der Waals surface area contributed by atoms with E-state index in [1.807, 2.05) is 36.4 Å². The van der Waals surface area contributed by atoms with Crippen LogP contribution in [0.4, 0.5) is 0 Å². The average molecular weight is 390 g/mol. The van der Waals surface area contributed by atoms with E-state index in [1.165, 1.54) is 5.57 Å². The van der Waals surface area contributed by atoms with Gasteiger partial charge in [0.05, 0.1) is 13.2 Å². The Kier molecular flexibility index (Phi) is 4.73. The van der Waals surface area contributed by atoms with Gasteiger partial charge in [-0.1, -0.05) is 11.2 Å². The lowest BCUT2D eigenvalue weighted by atomic mass is 10.1. The molecule has 1 saturated heterocycles. The van der Waals surface area contributed by atoms with Crippen LogP contribution in [-0.4, -0.2) is 46.8 Å². The fourth-order valence-electron chi connectivity index (χ4n) is 3.95. The highest BCUT2D eigenvalue weighted by Crippen LogP contribution is 2.35. The third kappa shape index (κ3) is 3.61. The second kappa shape index (κ2) is 7.67. The Hall–Kier alpha value is -3.19. The van der Waals surface area contributed by atoms with Crippen molar-refractivity contribution >= 4 is 6.08 Å². The van der Waals surface area contributed by atoms with Gasteiger partial charge in [0.25, 0.3) is 0 Å². The molecule has 148 valence electrons. The molecule has 3 aromatic rings. The number of ether oxygens (including phenoxy) is 2. The van der Waals surface area contributed by atoms with Gasteiger partial charge in [0.2, 0.25) is 11.7 Å². The quantitative estimate of drug-likeness (QED) is 0.657. The van der Waals surface area contributed by atoms with E-state index in [1.54, 1.807) is 13.3 Å². The molecule has 0 bridgehead atoms. The molecule has 0 radical (unpaired) electrons. The van der Waals surface area contributed by atoms with E-state index in [2.05, 4.69) is 26.1 Å². The third-order valence-corrected chi connectivity index (χ3v) is 5.38. The number of hydrogen-bond acceptors (Lipinski definition) is 7. The lowest BCUT2D eigenvalue weighted by Gasteiger charge is -2.25. The van der Waals surface area contributed by atoms with Crippen molar-refractivity contribution < 1.29 is 14.0 Å². The van der Waals surface area contributed by atoms with Crippen molar-refractivity contribution in [2.45, 2.75) is 18.9 Å². The van der Waals surface area contributed by atoms with E-state index < -0.39 is 0 Å². The van der Waals surface area contributed by atoms with Gasteiger partial charge in [0.1, 0.15) is 23.8 Å². The minimum absolute atomic E-state index is 0.118. The van der Waals surface area contributed by atoms with Crippen molar-refractivity contribution in [1.82, 2.24) is 20.0 Å². The first-order valence-corrected chi connectivity index (χ1v) is 9.79. The fraction of sp³-hybridized carbons (Fsp3) is 0.318. The molecule has 0 saturated carbocycles. The van der Waals surface area contributed by atoms with Gasteiger partial charge in [-0.25, -0.2) is 0 Å². The van der Waals surface area contributed by atoms with Gasteiger partial charge >= 0.3 is 0 Å². The largest absolute Gasteiger partial charge is 0.497 e. The molecule has 0 unspecified atom stereocenters. The summed E-state index contributed by atoms with van der Waals surface area (Å²) in [5, 5.41) is 4.13. The van der Waals surface area contributed by atoms with Crippen LogP contribution in [0.5, 0.6) is 11.5 Å². The van der Waals surface area contributed by atoms with Crippen molar-refractivity contribution in [3.8, 4) is 23.0 Å². The number of rotatable bonds is 5. The first-order chi connectivity index (χ1) is 14.3. The second-order valence-electron chi connectivity index (χ2n) is 7.29. The zero-order valence-corrected chi connectivity index (χ0v) is 16.2. The van der Waals surface area contributed by atoms with Crippen LogP contribution >= 0.6 is 0 Å². The van der Waals surface area contributed by atoms with E-state index >= 15 is 0 Å². The van der Waals surface area contributed by atoms with Crippen LogP contribution in [0.2, 0.25) is 0 Å². The van der Waals surface area contributed by atoms with Crippen LogP contribution in [0.3, 0.4) is 0 Å². The lowest BCUT2D eigenvalue weighted by Crippen LogP contribution is -2.28. The molecule has 29 heavy (non-hydrogen) atoms. The summed E-state index contributed by atoms with van der Waals surface area (Å²) in [5.41, 5.74) is 3.00. The Labute approximate surface area is 169 Å². The second-order valence-corrected chi connectivity index (χ2v) is 7.29. The molecular weight excluding hydrogens is 368 g/mol. The molecule has 7 heteroatoms. The maximum absolute atomic E-state index is 5.94. The molecule has 1 aromatic carbocycles. The van der Waals surface area contributed by atoms with Crippen LogP contribution < -0.4 is 9.47 Å². The summed E-state index contributed by atoms with van der Waals surface area (Å²) in [7, 11) is 1.68. The van der Waals surface area contributed by atoms with Gasteiger partial charge < -0.3 is 14.0 Å². The fourth-order valence-corrected chi connectivity index (χ4v) is 3.95. The summed E-state index contributed by atoms with van der Waals surface area (Å²) in [6.07, 6.45) is 6.03. The highest BCUT2D eigenvalue weighted by atomic mass is 16.5. The minimum Gasteiger partial charge on any atom is -0.497 e. The highest BCUT2D eigenvalue weighted by Gasteiger charge is 2.31. The maximum atomic E-state index is 5.94. The lowest BCUT2D eigenvalue weighted by molar-refractivity contribution is 0.214. The van der Waals surface area contributed by atoms with Crippen LogP contribution in [0.1, 0.15) is 30.3 Å². The molecule has 7 nitrogen and oxygen atoms in total. The smallest absolute Gasteiger partial charge is 0.244 e. The van der Waals surface area contributed by atoms with Gasteiger partial charge in [-0.2, -0.15) is 4.98 Å². The van der Waals surface area contributed by atoms with Crippen LogP contribution in [-0.2, 0) is 0 Å². The molecule has 4 heterocycles. The SMILES string of the molecule is COc1ccc2c(c1)C=C(CN1CCC[C@H]1c1nc(-c3ccccn3)no1)CO2. The predicted octanol–water partition coefficient (Wildman–Crippen LogP) is 3.75. The number of nitrogens with zero attached hydrogens (tertiary/aromatic N) is 4. The topological polar surface area (TPSA) is 73.5 Å². The number of likely N-dealkylation sites (tertiary alicyclic amines) is 1. The van der Waals surface area contributed by atoms with Gasteiger partial charge in [0.15, 0.2) is 0 Å². The van der Waals surface area contributed by atoms with Crippen LogP contribution in [0.15, 0.2) is 52.7 Å². The molecule has 0 N–H and O–H groups in total. The standard InChI is InChI=1S/C22H22N4O3/c1-27-17-7-8-20-16(12-17)11-15(14-28-20)13-26-10-4-6-19(26)22-24-21(25-29-22)18-5-2-3-9-23-18/h2-3,5,7-9,11-12,19H,4,6,10,13-14H2,1H3/t19-/m0/s1. The number of benzene rings is 1. The molecule has 2 aliphatic rings. The number of aromatic nitrogens is 3. The molecule has 5 rings (SSSR count). The maximum Gasteiger partial charge on any atom is 0.244 e.